The van der Waals surface area contributed by atoms with Crippen molar-refractivity contribution in [1.82, 2.24) is 0 Å². The number of carbonyl (C=O) groups is 2. The molecule has 0 unspecified atom stereocenters. The lowest BCUT2D eigenvalue weighted by Gasteiger charge is -2.09. The maximum Gasteiger partial charge on any atom is 0.323 e. The molecule has 0 spiro atoms. The van der Waals surface area contributed by atoms with E-state index in [1.807, 2.05) is 0 Å². The average Bonchev–Trinajstić information content (AvgIpc) is 2.42. The van der Waals surface area contributed by atoms with Crippen molar-refractivity contribution in [3.63, 3.8) is 0 Å². The molecule has 2 rings (SSSR count). The van der Waals surface area contributed by atoms with E-state index >= 15 is 0 Å². The van der Waals surface area contributed by atoms with Crippen LogP contribution >= 0.6 is 11.6 Å². The molecule has 0 bridgehead atoms. The molecule has 0 aliphatic carbocycles. The fourth-order valence-corrected chi connectivity index (χ4v) is 1.93. The molecule has 0 saturated carbocycles. The van der Waals surface area contributed by atoms with Gasteiger partial charge in [0.2, 0.25) is 5.91 Å². The summed E-state index contributed by atoms with van der Waals surface area (Å²) in [6.45, 7) is 1.39. The minimum absolute atomic E-state index is 0.0783. The Labute approximate surface area is 131 Å². The molecule has 5 nitrogen and oxygen atoms in total. The van der Waals surface area contributed by atoms with Gasteiger partial charge in [-0.3, -0.25) is 4.79 Å². The van der Waals surface area contributed by atoms with Crippen LogP contribution < -0.4 is 16.0 Å². The number of anilines is 3. The fourth-order valence-electron chi connectivity index (χ4n) is 1.75. The van der Waals surface area contributed by atoms with Gasteiger partial charge in [0, 0.05) is 24.0 Å². The lowest BCUT2D eigenvalue weighted by atomic mass is 10.2. The lowest BCUT2D eigenvalue weighted by Crippen LogP contribution is -2.19. The zero-order chi connectivity index (χ0) is 16.1. The molecular formula is C15H13ClFN3O2. The van der Waals surface area contributed by atoms with Crippen LogP contribution in [0.5, 0.6) is 0 Å². The summed E-state index contributed by atoms with van der Waals surface area (Å²) in [4.78, 5) is 22.9. The first-order valence-electron chi connectivity index (χ1n) is 6.35. The molecule has 0 aliphatic heterocycles. The third-order valence-electron chi connectivity index (χ3n) is 2.62. The molecule has 3 amide bonds. The fraction of sp³-hybridized carbons (Fsp3) is 0.0667. The number of urea groups is 1. The highest BCUT2D eigenvalue weighted by Gasteiger charge is 2.06. The van der Waals surface area contributed by atoms with E-state index in [4.69, 9.17) is 11.6 Å². The van der Waals surface area contributed by atoms with E-state index in [0.717, 1.165) is 6.07 Å². The number of rotatable bonds is 3. The minimum Gasteiger partial charge on any atom is -0.326 e. The average molecular weight is 322 g/mol. The zero-order valence-electron chi connectivity index (χ0n) is 11.6. The molecular weight excluding hydrogens is 309 g/mol. The maximum atomic E-state index is 13.0. The zero-order valence-corrected chi connectivity index (χ0v) is 12.4. The molecule has 0 aliphatic rings. The molecule has 0 atom stereocenters. The molecule has 0 saturated heterocycles. The SMILES string of the molecule is CC(=O)Nc1cccc(NC(=O)Nc2ccc(F)c(Cl)c2)c1. The number of hydrogen-bond acceptors (Lipinski definition) is 2. The van der Waals surface area contributed by atoms with Crippen molar-refractivity contribution in [1.29, 1.82) is 0 Å². The lowest BCUT2D eigenvalue weighted by molar-refractivity contribution is -0.114. The molecule has 2 aromatic rings. The van der Waals surface area contributed by atoms with Crippen molar-refractivity contribution in [3.05, 3.63) is 53.3 Å². The summed E-state index contributed by atoms with van der Waals surface area (Å²) in [6, 6.07) is 10.0. The number of benzene rings is 2. The second-order valence-corrected chi connectivity index (χ2v) is 4.88. The summed E-state index contributed by atoms with van der Waals surface area (Å²) in [5, 5.41) is 7.66. The van der Waals surface area contributed by atoms with Gasteiger partial charge in [-0.15, -0.1) is 0 Å². The van der Waals surface area contributed by atoms with E-state index in [0.29, 0.717) is 17.1 Å². The third kappa shape index (κ3) is 4.46. The van der Waals surface area contributed by atoms with E-state index in [2.05, 4.69) is 16.0 Å². The number of carbonyl (C=O) groups excluding carboxylic acids is 2. The van der Waals surface area contributed by atoms with Crippen LogP contribution in [-0.2, 0) is 4.79 Å². The van der Waals surface area contributed by atoms with Crippen molar-refractivity contribution in [2.75, 3.05) is 16.0 Å². The third-order valence-corrected chi connectivity index (χ3v) is 2.91. The van der Waals surface area contributed by atoms with E-state index in [9.17, 15) is 14.0 Å². The molecule has 0 heterocycles. The predicted molar refractivity (Wildman–Crippen MR) is 84.8 cm³/mol. The van der Waals surface area contributed by atoms with Gasteiger partial charge in [0.05, 0.1) is 5.02 Å². The Bertz CT molecular complexity index is 722. The van der Waals surface area contributed by atoms with Gasteiger partial charge in [-0.25, -0.2) is 9.18 Å². The second kappa shape index (κ2) is 6.91. The topological polar surface area (TPSA) is 70.2 Å². The Morgan fingerprint density at radius 2 is 1.55 bits per heavy atom. The van der Waals surface area contributed by atoms with Crippen molar-refractivity contribution >= 4 is 40.6 Å². The Hall–Kier alpha value is -2.60. The summed E-state index contributed by atoms with van der Waals surface area (Å²) in [5.41, 5.74) is 1.43. The molecule has 2 aromatic carbocycles. The Balaban J connectivity index is 2.02. The standard InChI is InChI=1S/C15H13ClFN3O2/c1-9(21)18-10-3-2-4-11(7-10)19-15(22)20-12-5-6-14(17)13(16)8-12/h2-8H,1H3,(H,18,21)(H2,19,20,22). The summed E-state index contributed by atoms with van der Waals surface area (Å²) < 4.78 is 13.0. The number of hydrogen-bond donors (Lipinski definition) is 3. The number of halogens is 2. The molecule has 3 N–H and O–H groups in total. The summed E-state index contributed by atoms with van der Waals surface area (Å²) in [6.07, 6.45) is 0. The van der Waals surface area contributed by atoms with Crippen LogP contribution in [0.4, 0.5) is 26.2 Å². The van der Waals surface area contributed by atoms with Gasteiger partial charge in [-0.1, -0.05) is 17.7 Å². The summed E-state index contributed by atoms with van der Waals surface area (Å²) in [7, 11) is 0. The van der Waals surface area contributed by atoms with Gasteiger partial charge in [0.1, 0.15) is 5.82 Å². The predicted octanol–water partition coefficient (Wildman–Crippen LogP) is 4.08. The van der Waals surface area contributed by atoms with Crippen molar-refractivity contribution < 1.29 is 14.0 Å². The Kier molecular flexibility index (Phi) is 4.95. The monoisotopic (exact) mass is 321 g/mol. The quantitative estimate of drug-likeness (QED) is 0.797. The molecule has 22 heavy (non-hydrogen) atoms. The summed E-state index contributed by atoms with van der Waals surface area (Å²) >= 11 is 5.64. The van der Waals surface area contributed by atoms with Gasteiger partial charge in [-0.05, 0) is 36.4 Å². The van der Waals surface area contributed by atoms with Gasteiger partial charge in [-0.2, -0.15) is 0 Å². The van der Waals surface area contributed by atoms with Crippen LogP contribution in [0.25, 0.3) is 0 Å². The number of amides is 3. The number of nitrogens with one attached hydrogen (secondary N) is 3. The van der Waals surface area contributed by atoms with Crippen LogP contribution in [0, 0.1) is 5.82 Å². The van der Waals surface area contributed by atoms with Crippen LogP contribution in [0.1, 0.15) is 6.92 Å². The van der Waals surface area contributed by atoms with E-state index in [-0.39, 0.29) is 10.9 Å². The molecule has 7 heteroatoms. The van der Waals surface area contributed by atoms with Crippen molar-refractivity contribution in [2.45, 2.75) is 6.92 Å². The largest absolute Gasteiger partial charge is 0.326 e. The van der Waals surface area contributed by atoms with Crippen LogP contribution in [0.15, 0.2) is 42.5 Å². The highest BCUT2D eigenvalue weighted by atomic mass is 35.5. The molecule has 0 aromatic heterocycles. The first-order valence-corrected chi connectivity index (χ1v) is 6.72. The first kappa shape index (κ1) is 15.8. The van der Waals surface area contributed by atoms with Gasteiger partial charge >= 0.3 is 6.03 Å². The van der Waals surface area contributed by atoms with E-state index in [1.54, 1.807) is 24.3 Å². The maximum absolute atomic E-state index is 13.0. The smallest absolute Gasteiger partial charge is 0.323 e. The minimum atomic E-state index is -0.560. The highest BCUT2D eigenvalue weighted by molar-refractivity contribution is 6.31. The van der Waals surface area contributed by atoms with Crippen LogP contribution in [0.3, 0.4) is 0 Å². The molecule has 114 valence electrons. The normalized spacial score (nSPS) is 9.95. The van der Waals surface area contributed by atoms with E-state index in [1.165, 1.54) is 19.1 Å². The molecule has 0 fully saturated rings. The summed E-state index contributed by atoms with van der Waals surface area (Å²) in [5.74, 6) is -0.766. The van der Waals surface area contributed by atoms with E-state index < -0.39 is 11.8 Å². The van der Waals surface area contributed by atoms with Gasteiger partial charge in [0.15, 0.2) is 0 Å². The second-order valence-electron chi connectivity index (χ2n) is 4.47. The van der Waals surface area contributed by atoms with Crippen molar-refractivity contribution in [2.24, 2.45) is 0 Å². The van der Waals surface area contributed by atoms with Crippen LogP contribution in [-0.4, -0.2) is 11.9 Å². The Morgan fingerprint density at radius 3 is 2.14 bits per heavy atom. The molecule has 0 radical (unpaired) electrons. The van der Waals surface area contributed by atoms with Crippen LogP contribution in [0.2, 0.25) is 5.02 Å². The van der Waals surface area contributed by atoms with Crippen molar-refractivity contribution in [3.8, 4) is 0 Å². The Morgan fingerprint density at radius 1 is 0.955 bits per heavy atom. The van der Waals surface area contributed by atoms with Gasteiger partial charge in [0.25, 0.3) is 0 Å². The van der Waals surface area contributed by atoms with Gasteiger partial charge < -0.3 is 16.0 Å². The first-order chi connectivity index (χ1) is 10.4. The highest BCUT2D eigenvalue weighted by Crippen LogP contribution is 2.20.